The van der Waals surface area contributed by atoms with Crippen molar-refractivity contribution < 1.29 is 27.2 Å². The quantitative estimate of drug-likeness (QED) is 0.169. The molecule has 3 amide bonds. The van der Waals surface area contributed by atoms with E-state index < -0.39 is 29.5 Å². The Morgan fingerprint density at radius 2 is 1.76 bits per heavy atom. The molecule has 12 nitrogen and oxygen atoms in total. The first-order valence-electron chi connectivity index (χ1n) is 15.5. The fourth-order valence-electron chi connectivity index (χ4n) is 5.76. The zero-order valence-electron chi connectivity index (χ0n) is 26.3. The highest BCUT2D eigenvalue weighted by atomic mass is 19.4. The Kier molecular flexibility index (Phi) is 8.10. The number of hydrogen-bond acceptors (Lipinski definition) is 7. The molecule has 1 aliphatic heterocycles. The van der Waals surface area contributed by atoms with Gasteiger partial charge in [0.1, 0.15) is 23.7 Å². The maximum absolute atomic E-state index is 15.7. The van der Waals surface area contributed by atoms with Crippen molar-refractivity contribution in [2.24, 2.45) is 0 Å². The molecule has 49 heavy (non-hydrogen) atoms. The molecule has 0 radical (unpaired) electrons. The number of anilines is 2. The fraction of sp³-hybridized carbons (Fsp3) is 0.273. The Morgan fingerprint density at radius 3 is 2.47 bits per heavy atom. The summed E-state index contributed by atoms with van der Waals surface area (Å²) in [5.74, 6) is -0.540. The van der Waals surface area contributed by atoms with Crippen molar-refractivity contribution in [3.05, 3.63) is 101 Å². The number of hydrazine groups is 1. The second kappa shape index (κ2) is 12.4. The Hall–Kier alpha value is -5.64. The van der Waals surface area contributed by atoms with E-state index in [1.807, 2.05) is 18.4 Å². The van der Waals surface area contributed by atoms with Crippen molar-refractivity contribution >= 4 is 23.4 Å². The van der Waals surface area contributed by atoms with Crippen LogP contribution in [0.2, 0.25) is 0 Å². The molecule has 1 saturated carbocycles. The molecule has 0 spiro atoms. The highest BCUT2D eigenvalue weighted by molar-refractivity contribution is 6.04. The minimum atomic E-state index is -4.50. The summed E-state index contributed by atoms with van der Waals surface area (Å²) in [5, 5.41) is 14.9. The molecular formula is C33H30F4N10O2. The molecule has 2 aliphatic rings. The molecule has 5 aromatic rings. The Morgan fingerprint density at radius 1 is 0.980 bits per heavy atom. The molecule has 16 heteroatoms. The molecule has 1 aliphatic carbocycles. The van der Waals surface area contributed by atoms with Crippen LogP contribution in [-0.4, -0.2) is 46.2 Å². The number of rotatable bonds is 7. The van der Waals surface area contributed by atoms with Crippen LogP contribution in [0.5, 0.6) is 0 Å². The van der Waals surface area contributed by atoms with Gasteiger partial charge in [-0.15, -0.1) is 10.2 Å². The molecule has 0 atom stereocenters. The van der Waals surface area contributed by atoms with E-state index in [4.69, 9.17) is 0 Å². The van der Waals surface area contributed by atoms with Gasteiger partial charge in [-0.1, -0.05) is 6.07 Å². The van der Waals surface area contributed by atoms with Crippen LogP contribution in [0.1, 0.15) is 71.5 Å². The first-order valence-corrected chi connectivity index (χ1v) is 15.5. The highest BCUT2D eigenvalue weighted by Crippen LogP contribution is 2.42. The van der Waals surface area contributed by atoms with Crippen molar-refractivity contribution in [2.45, 2.75) is 57.9 Å². The number of nitrogens with one attached hydrogen (secondary N) is 3. The molecule has 0 unspecified atom stereocenters. The number of aromatic nitrogens is 6. The molecule has 2 aromatic carbocycles. The zero-order valence-corrected chi connectivity index (χ0v) is 26.3. The standard InChI is InChI=1S/C33H30F4N10O2/c1-18(2)46-17-39-43-30(46)25-4-3-5-28(41-25)42-31(48)23-13-26-20(12-24(23)34)14-45(15-27-29(19-6-7-19)38-16-47(26)27)44-32(49)40-22-10-8-21(9-11-22)33(35,36)37/h3-5,8-13,16-19H,6-7,14-15H2,1-2H3,(H2,40,44,49)(H,41,42,48). The van der Waals surface area contributed by atoms with E-state index in [-0.39, 0.29) is 42.1 Å². The number of nitrogens with zero attached hydrogens (tertiary/aromatic N) is 7. The van der Waals surface area contributed by atoms with Gasteiger partial charge in [-0.2, -0.15) is 13.2 Å². The number of hydrogen-bond donors (Lipinski definition) is 3. The van der Waals surface area contributed by atoms with Crippen LogP contribution in [0.3, 0.4) is 0 Å². The minimum absolute atomic E-state index is 0.0561. The Balaban J connectivity index is 1.14. The van der Waals surface area contributed by atoms with E-state index >= 15 is 4.39 Å². The first kappa shape index (κ1) is 31.9. The van der Waals surface area contributed by atoms with E-state index in [9.17, 15) is 22.8 Å². The Labute approximate surface area is 277 Å². The lowest BCUT2D eigenvalue weighted by molar-refractivity contribution is -0.137. The van der Waals surface area contributed by atoms with Crippen molar-refractivity contribution in [1.29, 1.82) is 0 Å². The predicted octanol–water partition coefficient (Wildman–Crippen LogP) is 6.45. The largest absolute Gasteiger partial charge is 0.416 e. The van der Waals surface area contributed by atoms with E-state index in [0.717, 1.165) is 48.5 Å². The molecule has 0 saturated heterocycles. The number of carbonyl (C=O) groups excluding carboxylic acids is 2. The van der Waals surface area contributed by atoms with Crippen LogP contribution < -0.4 is 16.1 Å². The third-order valence-electron chi connectivity index (χ3n) is 8.32. The average Bonchev–Trinajstić information content (AvgIpc) is 3.65. The third-order valence-corrected chi connectivity index (χ3v) is 8.32. The third kappa shape index (κ3) is 6.59. The van der Waals surface area contributed by atoms with E-state index in [1.165, 1.54) is 12.1 Å². The van der Waals surface area contributed by atoms with E-state index in [2.05, 4.69) is 36.2 Å². The SMILES string of the molecule is CC(C)n1cnnc1-c1cccc(NC(=O)c2cc3c(cc2F)CN(NC(=O)Nc2ccc(C(F)(F)F)cc2)Cc2c(C4CC4)ncn2-3)n1. The van der Waals surface area contributed by atoms with Gasteiger partial charge < -0.3 is 19.8 Å². The van der Waals surface area contributed by atoms with Gasteiger partial charge in [-0.25, -0.2) is 24.2 Å². The lowest BCUT2D eigenvalue weighted by Gasteiger charge is -2.22. The lowest BCUT2D eigenvalue weighted by Crippen LogP contribution is -2.43. The molecule has 252 valence electrons. The summed E-state index contributed by atoms with van der Waals surface area (Å²) in [6, 6.07) is 11.2. The highest BCUT2D eigenvalue weighted by Gasteiger charge is 2.34. The van der Waals surface area contributed by atoms with Gasteiger partial charge in [0, 0.05) is 24.2 Å². The van der Waals surface area contributed by atoms with Crippen LogP contribution in [0, 0.1) is 5.82 Å². The summed E-state index contributed by atoms with van der Waals surface area (Å²) in [5.41, 5.74) is 4.90. The van der Waals surface area contributed by atoms with Gasteiger partial charge in [0.05, 0.1) is 41.1 Å². The molecule has 1 fully saturated rings. The number of urea groups is 1. The lowest BCUT2D eigenvalue weighted by atomic mass is 10.1. The molecular weight excluding hydrogens is 644 g/mol. The number of amides is 3. The molecule has 7 rings (SSSR count). The molecule has 3 aromatic heterocycles. The monoisotopic (exact) mass is 674 g/mol. The van der Waals surface area contributed by atoms with Crippen LogP contribution in [0.4, 0.5) is 33.9 Å². The van der Waals surface area contributed by atoms with Crippen molar-refractivity contribution in [3.63, 3.8) is 0 Å². The van der Waals surface area contributed by atoms with Crippen molar-refractivity contribution in [1.82, 2.24) is 39.7 Å². The molecule has 3 N–H and O–H groups in total. The van der Waals surface area contributed by atoms with Gasteiger partial charge in [-0.3, -0.25) is 10.2 Å². The first-order chi connectivity index (χ1) is 23.4. The van der Waals surface area contributed by atoms with Crippen LogP contribution in [0.25, 0.3) is 17.2 Å². The van der Waals surface area contributed by atoms with Gasteiger partial charge in [-0.05, 0) is 80.8 Å². The predicted molar refractivity (Wildman–Crippen MR) is 170 cm³/mol. The number of imidazole rings is 1. The van der Waals surface area contributed by atoms with Crippen molar-refractivity contribution in [2.75, 3.05) is 10.6 Å². The number of fused-ring (bicyclic) bond motifs is 3. The topological polar surface area (TPSA) is 135 Å². The number of halogens is 4. The summed E-state index contributed by atoms with van der Waals surface area (Å²) in [4.78, 5) is 35.6. The van der Waals surface area contributed by atoms with E-state index in [0.29, 0.717) is 22.8 Å². The smallest absolute Gasteiger partial charge is 0.310 e. The number of alkyl halides is 3. The number of pyridine rings is 1. The average molecular weight is 675 g/mol. The summed E-state index contributed by atoms with van der Waals surface area (Å²) in [7, 11) is 0. The second-order valence-electron chi connectivity index (χ2n) is 12.2. The maximum Gasteiger partial charge on any atom is 0.416 e. The summed E-state index contributed by atoms with van der Waals surface area (Å²) < 4.78 is 58.2. The summed E-state index contributed by atoms with van der Waals surface area (Å²) >= 11 is 0. The minimum Gasteiger partial charge on any atom is -0.310 e. The zero-order chi connectivity index (χ0) is 34.4. The van der Waals surface area contributed by atoms with Gasteiger partial charge in [0.15, 0.2) is 5.82 Å². The maximum atomic E-state index is 15.7. The van der Waals surface area contributed by atoms with Gasteiger partial charge in [0.25, 0.3) is 5.91 Å². The van der Waals surface area contributed by atoms with Gasteiger partial charge >= 0.3 is 12.2 Å². The molecule has 4 heterocycles. The fourth-order valence-corrected chi connectivity index (χ4v) is 5.76. The number of benzene rings is 2. The summed E-state index contributed by atoms with van der Waals surface area (Å²) in [6.07, 6.45) is 0.629. The van der Waals surface area contributed by atoms with Crippen LogP contribution in [0.15, 0.2) is 67.3 Å². The summed E-state index contributed by atoms with van der Waals surface area (Å²) in [6.45, 7) is 4.21. The van der Waals surface area contributed by atoms with Crippen LogP contribution in [-0.2, 0) is 19.3 Å². The normalized spacial score (nSPS) is 14.6. The Bertz CT molecular complexity index is 2050. The van der Waals surface area contributed by atoms with Gasteiger partial charge in [0.2, 0.25) is 0 Å². The second-order valence-corrected chi connectivity index (χ2v) is 12.2. The van der Waals surface area contributed by atoms with Crippen molar-refractivity contribution in [3.8, 4) is 17.2 Å². The number of carbonyl (C=O) groups is 2. The van der Waals surface area contributed by atoms with Crippen LogP contribution >= 0.6 is 0 Å². The molecule has 0 bridgehead atoms. The van der Waals surface area contributed by atoms with E-state index in [1.54, 1.807) is 40.4 Å².